The second-order valence-electron chi connectivity index (χ2n) is 5.33. The molecule has 3 aliphatic rings. The van der Waals surface area contributed by atoms with Crippen molar-refractivity contribution in [3.05, 3.63) is 48.5 Å². The maximum Gasteiger partial charge on any atom is 0.427 e. The molecule has 2 aromatic carbocycles. The highest BCUT2D eigenvalue weighted by Gasteiger charge is 2.72. The fourth-order valence-corrected chi connectivity index (χ4v) is 4.25. The Balaban J connectivity index is 1.59. The van der Waals surface area contributed by atoms with Gasteiger partial charge in [-0.3, -0.25) is 10.6 Å². The van der Waals surface area contributed by atoms with E-state index in [9.17, 15) is 4.57 Å². The molecule has 0 saturated carbocycles. The summed E-state index contributed by atoms with van der Waals surface area (Å²) in [5, 5.41) is 6.74. The number of hydroxylamine groups is 1. The summed E-state index contributed by atoms with van der Waals surface area (Å²) in [4.78, 5) is 0. The highest BCUT2D eigenvalue weighted by atomic mass is 31.2. The molecule has 2 fully saturated rings. The van der Waals surface area contributed by atoms with Crippen LogP contribution < -0.4 is 25.9 Å². The van der Waals surface area contributed by atoms with E-state index in [2.05, 4.69) is 16.1 Å². The Morgan fingerprint density at radius 1 is 1.10 bits per heavy atom. The molecule has 1 unspecified atom stereocenters. The Morgan fingerprint density at radius 2 is 1.76 bits per heavy atom. The number of benzene rings is 2. The number of rotatable bonds is 3. The van der Waals surface area contributed by atoms with Gasteiger partial charge in [-0.2, -0.15) is 5.48 Å². The Labute approximate surface area is 120 Å². The van der Waals surface area contributed by atoms with Crippen molar-refractivity contribution < 1.29 is 13.7 Å². The molecule has 3 N–H and O–H groups in total. The van der Waals surface area contributed by atoms with E-state index in [1.54, 1.807) is 12.1 Å². The predicted octanol–water partition coefficient (Wildman–Crippen LogP) is 1.27. The van der Waals surface area contributed by atoms with Crippen LogP contribution in [0.25, 0.3) is 11.1 Å². The summed E-state index contributed by atoms with van der Waals surface area (Å²) in [6.07, 6.45) is 0.205. The van der Waals surface area contributed by atoms with E-state index in [1.165, 1.54) is 0 Å². The van der Waals surface area contributed by atoms with Crippen LogP contribution in [0.15, 0.2) is 48.5 Å². The smallest absolute Gasteiger partial charge is 0.420 e. The molecule has 6 nitrogen and oxygen atoms in total. The summed E-state index contributed by atoms with van der Waals surface area (Å²) in [6, 6.07) is 15.0. The summed E-state index contributed by atoms with van der Waals surface area (Å²) in [5.41, 5.74) is 4.58. The van der Waals surface area contributed by atoms with Gasteiger partial charge in [0.2, 0.25) is 0 Å². The lowest BCUT2D eigenvalue weighted by Crippen LogP contribution is -2.38. The van der Waals surface area contributed by atoms with E-state index in [0.29, 0.717) is 11.1 Å². The van der Waals surface area contributed by atoms with Gasteiger partial charge in [0.25, 0.3) is 0 Å². The second-order valence-corrected chi connectivity index (χ2v) is 7.17. The van der Waals surface area contributed by atoms with E-state index in [4.69, 9.17) is 9.15 Å². The van der Waals surface area contributed by atoms with Gasteiger partial charge in [0.15, 0.2) is 5.79 Å². The number of fused-ring (bicyclic) bond motifs is 4. The summed E-state index contributed by atoms with van der Waals surface area (Å²) < 4.78 is 24.3. The van der Waals surface area contributed by atoms with Crippen molar-refractivity contribution in [1.82, 2.24) is 16.1 Å². The van der Waals surface area contributed by atoms with Gasteiger partial charge in [-0.05, 0) is 12.1 Å². The van der Waals surface area contributed by atoms with E-state index in [-0.39, 0.29) is 6.17 Å². The predicted molar refractivity (Wildman–Crippen MR) is 76.8 cm³/mol. The number of nitrogens with one attached hydrogen (secondary N) is 3. The average Bonchev–Trinajstić information content (AvgIpc) is 3.36. The SMILES string of the molecule is O=P1(ONC23NC2N3)Oc2ccccc2-c2ccccc21. The van der Waals surface area contributed by atoms with E-state index in [1.807, 2.05) is 36.4 Å². The number of hydrogen-bond donors (Lipinski definition) is 3. The molecule has 0 bridgehead atoms. The van der Waals surface area contributed by atoms with Crippen molar-refractivity contribution in [2.45, 2.75) is 12.0 Å². The maximum absolute atomic E-state index is 13.1. The molecule has 21 heavy (non-hydrogen) atoms. The number of para-hydroxylation sites is 1. The molecule has 0 radical (unpaired) electrons. The van der Waals surface area contributed by atoms with E-state index >= 15 is 0 Å². The van der Waals surface area contributed by atoms with E-state index < -0.39 is 13.4 Å². The summed E-state index contributed by atoms with van der Waals surface area (Å²) >= 11 is 0. The van der Waals surface area contributed by atoms with Crippen LogP contribution in [0.5, 0.6) is 5.75 Å². The monoisotopic (exact) mass is 301 g/mol. The fourth-order valence-electron chi connectivity index (χ4n) is 2.58. The summed E-state index contributed by atoms with van der Waals surface area (Å²) in [6.45, 7) is 0. The zero-order valence-corrected chi connectivity index (χ0v) is 11.8. The van der Waals surface area contributed by atoms with Crippen LogP contribution in [0.2, 0.25) is 0 Å². The Morgan fingerprint density at radius 3 is 2.52 bits per heavy atom. The van der Waals surface area contributed by atoms with Crippen LogP contribution in [0, 0.1) is 0 Å². The molecule has 0 aromatic heterocycles. The maximum atomic E-state index is 13.1. The fraction of sp³-hybridized carbons (Fsp3) is 0.143. The van der Waals surface area contributed by atoms with Crippen molar-refractivity contribution >= 4 is 12.9 Å². The van der Waals surface area contributed by atoms with Crippen molar-refractivity contribution in [2.75, 3.05) is 0 Å². The molecule has 0 amide bonds. The lowest BCUT2D eigenvalue weighted by Gasteiger charge is -2.27. The van der Waals surface area contributed by atoms with Gasteiger partial charge in [0.1, 0.15) is 11.9 Å². The molecule has 2 saturated heterocycles. The first-order valence-corrected chi connectivity index (χ1v) is 8.24. The third-order valence-corrected chi connectivity index (χ3v) is 5.68. The molecular formula is C14H12N3O3P. The minimum atomic E-state index is -3.46. The molecule has 7 heteroatoms. The highest BCUT2D eigenvalue weighted by Crippen LogP contribution is 2.55. The molecule has 3 heterocycles. The van der Waals surface area contributed by atoms with Crippen LogP contribution in [0.1, 0.15) is 0 Å². The van der Waals surface area contributed by atoms with Gasteiger partial charge in [-0.15, -0.1) is 0 Å². The largest absolute Gasteiger partial charge is 0.427 e. The average molecular weight is 301 g/mol. The molecule has 5 rings (SSSR count). The number of hydrogen-bond acceptors (Lipinski definition) is 6. The first-order chi connectivity index (χ1) is 10.2. The quantitative estimate of drug-likeness (QED) is 0.449. The van der Waals surface area contributed by atoms with Crippen molar-refractivity contribution in [1.29, 1.82) is 0 Å². The Bertz CT molecular complexity index is 804. The zero-order valence-electron chi connectivity index (χ0n) is 10.9. The topological polar surface area (TPSA) is 91.4 Å². The van der Waals surface area contributed by atoms with Gasteiger partial charge in [0.05, 0.1) is 5.30 Å². The van der Waals surface area contributed by atoms with Gasteiger partial charge < -0.3 is 4.52 Å². The molecule has 0 spiro atoms. The normalized spacial score (nSPS) is 34.2. The third-order valence-electron chi connectivity index (χ3n) is 3.93. The third kappa shape index (κ3) is 1.65. The van der Waals surface area contributed by atoms with Crippen LogP contribution in [-0.4, -0.2) is 12.0 Å². The summed E-state index contributed by atoms with van der Waals surface area (Å²) in [7, 11) is -3.46. The lowest BCUT2D eigenvalue weighted by molar-refractivity contribution is 0.140. The van der Waals surface area contributed by atoms with Crippen LogP contribution >= 0.6 is 7.60 Å². The van der Waals surface area contributed by atoms with Crippen molar-refractivity contribution in [3.8, 4) is 16.9 Å². The van der Waals surface area contributed by atoms with Crippen molar-refractivity contribution in [2.24, 2.45) is 0 Å². The van der Waals surface area contributed by atoms with Gasteiger partial charge >= 0.3 is 7.60 Å². The summed E-state index contributed by atoms with van der Waals surface area (Å²) in [5.74, 6) is 0.162. The van der Waals surface area contributed by atoms with E-state index in [0.717, 1.165) is 11.1 Å². The Kier molecular flexibility index (Phi) is 2.12. The van der Waals surface area contributed by atoms with Crippen molar-refractivity contribution in [3.63, 3.8) is 0 Å². The molecule has 2 aromatic rings. The second kappa shape index (κ2) is 3.74. The first kappa shape index (κ1) is 11.9. The zero-order chi connectivity index (χ0) is 14.1. The first-order valence-electron chi connectivity index (χ1n) is 6.70. The lowest BCUT2D eigenvalue weighted by atomic mass is 10.0. The standard InChI is InChI=1S/C14H12N3O3P/c18-21(20-17-14-13(15-14)16-14)12-8-4-2-6-10(12)9-5-1-3-7-11(9)19-21/h1-8,13,15-17H. The molecule has 3 aliphatic heterocycles. The van der Waals surface area contributed by atoms with Gasteiger partial charge in [-0.1, -0.05) is 36.4 Å². The van der Waals surface area contributed by atoms with Crippen LogP contribution in [0.4, 0.5) is 0 Å². The molecular weight excluding hydrogens is 289 g/mol. The highest BCUT2D eigenvalue weighted by molar-refractivity contribution is 7.63. The molecule has 106 valence electrons. The molecule has 0 aliphatic carbocycles. The Hall–Kier alpha value is -1.69. The molecule has 1 atom stereocenters. The van der Waals surface area contributed by atoms with Crippen LogP contribution in [-0.2, 0) is 9.19 Å². The van der Waals surface area contributed by atoms with Gasteiger partial charge in [0, 0.05) is 11.1 Å². The van der Waals surface area contributed by atoms with Gasteiger partial charge in [-0.25, -0.2) is 9.19 Å². The van der Waals surface area contributed by atoms with Crippen LogP contribution in [0.3, 0.4) is 0 Å². The minimum Gasteiger partial charge on any atom is -0.420 e. The minimum absolute atomic E-state index is 0.205.